The molecule has 0 radical (unpaired) electrons. The summed E-state index contributed by atoms with van der Waals surface area (Å²) in [5, 5.41) is 15.5. The van der Waals surface area contributed by atoms with E-state index in [-0.39, 0.29) is 57.2 Å². The first-order valence-corrected chi connectivity index (χ1v) is 18.5. The van der Waals surface area contributed by atoms with Gasteiger partial charge in [0.05, 0.1) is 12.5 Å². The Morgan fingerprint density at radius 3 is 2.28 bits per heavy atom. The zero-order chi connectivity index (χ0) is 41.9. The fourth-order valence-corrected chi connectivity index (χ4v) is 6.56. The second kappa shape index (κ2) is 19.8. The first kappa shape index (κ1) is 43.8. The molecule has 306 valence electrons. The van der Waals surface area contributed by atoms with Crippen molar-refractivity contribution in [3.63, 3.8) is 0 Å². The minimum atomic E-state index is -1.36. The van der Waals surface area contributed by atoms with E-state index in [4.69, 9.17) is 10.6 Å². The lowest BCUT2D eigenvalue weighted by Gasteiger charge is -2.41. The zero-order valence-corrected chi connectivity index (χ0v) is 32.1. The van der Waals surface area contributed by atoms with Gasteiger partial charge in [0.2, 0.25) is 23.6 Å². The van der Waals surface area contributed by atoms with Crippen LogP contribution in [0, 0.1) is 17.0 Å². The lowest BCUT2D eigenvalue weighted by molar-refractivity contribution is -0.197. The highest BCUT2D eigenvalue weighted by Crippen LogP contribution is 2.41. The van der Waals surface area contributed by atoms with E-state index < -0.39 is 83.6 Å². The number of carbonyl (C=O) groups is 7. The number of carbonyl (C=O) groups excluding carboxylic acids is 7. The summed E-state index contributed by atoms with van der Waals surface area (Å²) in [6.07, 6.45) is 0.564. The number of aliphatic hydroxyl groups is 1. The molecule has 1 fully saturated rings. The molecule has 2 heterocycles. The number of halogens is 2. The van der Waals surface area contributed by atoms with Gasteiger partial charge >= 0.3 is 5.97 Å². The first-order valence-electron chi connectivity index (χ1n) is 18.5. The highest BCUT2D eigenvalue weighted by molar-refractivity contribution is 6.01. The van der Waals surface area contributed by atoms with Gasteiger partial charge in [0.1, 0.15) is 24.3 Å². The van der Waals surface area contributed by atoms with Crippen LogP contribution in [0.5, 0.6) is 0 Å². The van der Waals surface area contributed by atoms with E-state index in [0.29, 0.717) is 22.9 Å². The van der Waals surface area contributed by atoms with E-state index in [1.165, 1.54) is 4.90 Å². The molecule has 1 aromatic heterocycles. The number of amides is 6. The zero-order valence-electron chi connectivity index (χ0n) is 32.1. The molecule has 3 aromatic rings. The van der Waals surface area contributed by atoms with E-state index in [1.54, 1.807) is 12.3 Å². The number of benzene rings is 2. The maximum atomic E-state index is 15.0. The van der Waals surface area contributed by atoms with Crippen molar-refractivity contribution in [2.45, 2.75) is 84.3 Å². The minimum Gasteiger partial charge on any atom is -0.387 e. The molecular formula is C40H48F2N6O9. The first-order chi connectivity index (χ1) is 27.0. The average Bonchev–Trinajstić information content (AvgIpc) is 3.70. The lowest BCUT2D eigenvalue weighted by Crippen LogP contribution is -2.49. The van der Waals surface area contributed by atoms with Crippen LogP contribution >= 0.6 is 0 Å². The summed E-state index contributed by atoms with van der Waals surface area (Å²) in [6, 6.07) is 12.2. The predicted molar refractivity (Wildman–Crippen MR) is 201 cm³/mol. The molecule has 0 aliphatic carbocycles. The number of nitrogens with two attached hydrogens (primary N) is 1. The molecule has 1 saturated heterocycles. The van der Waals surface area contributed by atoms with Crippen molar-refractivity contribution in [1.82, 2.24) is 25.2 Å². The predicted octanol–water partition coefficient (Wildman–Crippen LogP) is 3.03. The van der Waals surface area contributed by atoms with Crippen molar-refractivity contribution in [3.8, 4) is 11.1 Å². The molecule has 0 bridgehead atoms. The van der Waals surface area contributed by atoms with Gasteiger partial charge in [-0.15, -0.1) is 5.06 Å². The molecule has 5 N–H and O–H groups in total. The second-order valence-corrected chi connectivity index (χ2v) is 14.7. The number of aliphatic hydroxyl groups excluding tert-OH is 1. The molecule has 15 nitrogen and oxygen atoms in total. The van der Waals surface area contributed by atoms with Crippen LogP contribution in [0.15, 0.2) is 60.8 Å². The monoisotopic (exact) mass is 794 g/mol. The third-order valence-electron chi connectivity index (χ3n) is 9.15. The van der Waals surface area contributed by atoms with Crippen molar-refractivity contribution in [1.29, 1.82) is 0 Å². The van der Waals surface area contributed by atoms with Gasteiger partial charge in [-0.3, -0.25) is 28.8 Å². The molecule has 2 aromatic carbocycles. The Balaban J connectivity index is 1.45. The Hall–Kier alpha value is -5.97. The molecule has 0 spiro atoms. The van der Waals surface area contributed by atoms with Gasteiger partial charge in [-0.1, -0.05) is 51.1 Å². The quantitative estimate of drug-likeness (QED) is 0.104. The largest absolute Gasteiger partial charge is 0.387 e. The SMILES string of the molecule is CC(C)(C)[C@H](c1cc(-c2cc(F)ccc2F)cn1Cc1ccccc1)N(CCCNC(=O)[C@H](CC(N)=O)NC(=O)CCCC(=O)ON1C(=O)CCC1=O)C(=O)CO. The number of primary amides is 1. The van der Waals surface area contributed by atoms with Gasteiger partial charge in [0.15, 0.2) is 0 Å². The van der Waals surface area contributed by atoms with Gasteiger partial charge in [0.25, 0.3) is 11.8 Å². The van der Waals surface area contributed by atoms with Gasteiger partial charge in [-0.05, 0) is 48.1 Å². The highest BCUT2D eigenvalue weighted by Gasteiger charge is 2.37. The van der Waals surface area contributed by atoms with Crippen molar-refractivity contribution in [2.75, 3.05) is 19.7 Å². The molecule has 1 aliphatic rings. The summed E-state index contributed by atoms with van der Waals surface area (Å²) in [6.45, 7) is 5.19. The van der Waals surface area contributed by atoms with E-state index in [2.05, 4.69) is 10.6 Å². The number of imide groups is 1. The summed E-state index contributed by atoms with van der Waals surface area (Å²) < 4.78 is 31.2. The lowest BCUT2D eigenvalue weighted by atomic mass is 9.83. The van der Waals surface area contributed by atoms with Gasteiger partial charge < -0.3 is 35.8 Å². The molecule has 0 saturated carbocycles. The molecule has 17 heteroatoms. The summed E-state index contributed by atoms with van der Waals surface area (Å²) >= 11 is 0. The standard InChI is InChI=1S/C40H48F2N6O9/c1-40(2,3)38(31-19-26(28-20-27(41)13-14-29(28)42)23-46(31)22-25-9-5-4-6-10-25)47(36(54)24-49)18-8-17-44-39(56)30(21-32(43)50)45-33(51)11-7-12-37(55)57-48-34(52)15-16-35(48)53/h4-6,9-10,13-14,19-20,23,30,38,49H,7-8,11-12,15-18,21-22,24H2,1-3H3,(H2,43,50)(H,44,56)(H,45,51)/t30-,38-/m0/s1. The Labute approximate surface area is 328 Å². The van der Waals surface area contributed by atoms with Gasteiger partial charge in [0, 0.05) is 68.3 Å². The number of hydrogen-bond donors (Lipinski definition) is 4. The third-order valence-corrected chi connectivity index (χ3v) is 9.15. The Morgan fingerprint density at radius 1 is 0.965 bits per heavy atom. The number of aromatic nitrogens is 1. The van der Waals surface area contributed by atoms with E-state index in [1.807, 2.05) is 55.7 Å². The van der Waals surface area contributed by atoms with Crippen LogP contribution in [-0.4, -0.2) is 86.8 Å². The maximum absolute atomic E-state index is 15.0. The molecule has 0 unspecified atom stereocenters. The molecule has 2 atom stereocenters. The van der Waals surface area contributed by atoms with Crippen LogP contribution in [0.2, 0.25) is 0 Å². The molecule has 1 aliphatic heterocycles. The number of hydrogen-bond acceptors (Lipinski definition) is 9. The topological polar surface area (TPSA) is 210 Å². The summed E-state index contributed by atoms with van der Waals surface area (Å²) in [7, 11) is 0. The van der Waals surface area contributed by atoms with Crippen LogP contribution in [0.4, 0.5) is 8.78 Å². The smallest absolute Gasteiger partial charge is 0.333 e. The van der Waals surface area contributed by atoms with Crippen LogP contribution in [0.25, 0.3) is 11.1 Å². The fourth-order valence-electron chi connectivity index (χ4n) is 6.56. The normalized spacial score (nSPS) is 13.9. The second-order valence-electron chi connectivity index (χ2n) is 14.7. The van der Waals surface area contributed by atoms with Gasteiger partial charge in [-0.2, -0.15) is 0 Å². The fraction of sp³-hybridized carbons (Fsp3) is 0.425. The van der Waals surface area contributed by atoms with Crippen molar-refractivity contribution in [2.24, 2.45) is 11.1 Å². The van der Waals surface area contributed by atoms with Crippen LogP contribution in [0.1, 0.15) is 83.0 Å². The van der Waals surface area contributed by atoms with Crippen molar-refractivity contribution < 1.29 is 52.3 Å². The van der Waals surface area contributed by atoms with Crippen LogP contribution < -0.4 is 16.4 Å². The Kier molecular flexibility index (Phi) is 15.2. The summed E-state index contributed by atoms with van der Waals surface area (Å²) in [5.74, 6) is -6.34. The number of nitrogens with zero attached hydrogens (tertiary/aromatic N) is 3. The Bertz CT molecular complexity index is 1950. The highest BCUT2D eigenvalue weighted by atomic mass is 19.1. The maximum Gasteiger partial charge on any atom is 0.333 e. The van der Waals surface area contributed by atoms with E-state index in [9.17, 15) is 43.1 Å². The minimum absolute atomic E-state index is 0.0271. The van der Waals surface area contributed by atoms with Crippen LogP contribution in [0.3, 0.4) is 0 Å². The summed E-state index contributed by atoms with van der Waals surface area (Å²) in [5.41, 5.74) is 6.58. The molecule has 6 amide bonds. The Morgan fingerprint density at radius 2 is 1.65 bits per heavy atom. The van der Waals surface area contributed by atoms with Gasteiger partial charge in [-0.25, -0.2) is 13.6 Å². The third kappa shape index (κ3) is 12.3. The number of rotatable bonds is 19. The van der Waals surface area contributed by atoms with Crippen molar-refractivity contribution >= 4 is 41.4 Å². The summed E-state index contributed by atoms with van der Waals surface area (Å²) in [4.78, 5) is 92.6. The molecule has 4 rings (SSSR count). The molecule has 57 heavy (non-hydrogen) atoms. The van der Waals surface area contributed by atoms with Crippen LogP contribution in [-0.2, 0) is 44.9 Å². The average molecular weight is 795 g/mol. The van der Waals surface area contributed by atoms with Crippen molar-refractivity contribution in [3.05, 3.63) is 83.7 Å². The van der Waals surface area contributed by atoms with E-state index >= 15 is 4.39 Å². The van der Waals surface area contributed by atoms with E-state index in [0.717, 1.165) is 23.8 Å². The molecular weight excluding hydrogens is 746 g/mol. The number of hydroxylamine groups is 2. The number of nitrogens with one attached hydrogen (secondary N) is 2.